The molecule has 2 amide bonds. The molecule has 24 heavy (non-hydrogen) atoms. The lowest BCUT2D eigenvalue weighted by Crippen LogP contribution is -2.38. The van der Waals surface area contributed by atoms with Gasteiger partial charge in [-0.2, -0.15) is 0 Å². The van der Waals surface area contributed by atoms with Gasteiger partial charge in [0.15, 0.2) is 0 Å². The predicted molar refractivity (Wildman–Crippen MR) is 86.8 cm³/mol. The van der Waals surface area contributed by atoms with E-state index in [4.69, 9.17) is 0 Å². The summed E-state index contributed by atoms with van der Waals surface area (Å²) in [5.41, 5.74) is 1.20. The number of nitrogens with zero attached hydrogens (tertiary/aromatic N) is 1. The van der Waals surface area contributed by atoms with Gasteiger partial charge < -0.3 is 10.2 Å². The van der Waals surface area contributed by atoms with Crippen LogP contribution in [0.25, 0.3) is 0 Å². The van der Waals surface area contributed by atoms with E-state index in [1.807, 2.05) is 4.90 Å². The lowest BCUT2D eigenvalue weighted by molar-refractivity contribution is -0.134. The van der Waals surface area contributed by atoms with Gasteiger partial charge in [0.2, 0.25) is 11.8 Å². The van der Waals surface area contributed by atoms with Gasteiger partial charge in [0.05, 0.1) is 5.92 Å². The molecule has 5 heteroatoms. The summed E-state index contributed by atoms with van der Waals surface area (Å²) in [6.07, 6.45) is 4.09. The van der Waals surface area contributed by atoms with Crippen LogP contribution in [0.15, 0.2) is 18.2 Å². The van der Waals surface area contributed by atoms with Crippen LogP contribution >= 0.6 is 0 Å². The molecule has 5 rings (SSSR count). The molecule has 2 aliphatic carbocycles. The third kappa shape index (κ3) is 2.03. The highest BCUT2D eigenvalue weighted by Crippen LogP contribution is 2.55. The zero-order valence-corrected chi connectivity index (χ0v) is 13.5. The predicted octanol–water partition coefficient (Wildman–Crippen LogP) is 2.76. The van der Waals surface area contributed by atoms with Crippen molar-refractivity contribution in [3.8, 4) is 0 Å². The number of carbonyl (C=O) groups excluding carboxylic acids is 2. The largest absolute Gasteiger partial charge is 0.342 e. The molecule has 1 aromatic carbocycles. The lowest BCUT2D eigenvalue weighted by atomic mass is 9.82. The highest BCUT2D eigenvalue weighted by molar-refractivity contribution is 6.01. The molecule has 3 fully saturated rings. The lowest BCUT2D eigenvalue weighted by Gasteiger charge is -2.29. The molecule has 2 heterocycles. The number of amides is 2. The number of carbonyl (C=O) groups is 2. The van der Waals surface area contributed by atoms with Crippen molar-refractivity contribution in [3.05, 3.63) is 29.6 Å². The minimum absolute atomic E-state index is 0.00509. The Bertz CT molecular complexity index is 716. The van der Waals surface area contributed by atoms with E-state index in [1.165, 1.54) is 31.4 Å². The van der Waals surface area contributed by atoms with E-state index < -0.39 is 5.92 Å². The third-order valence-corrected chi connectivity index (χ3v) is 6.80. The van der Waals surface area contributed by atoms with Crippen molar-refractivity contribution in [2.75, 3.05) is 18.4 Å². The van der Waals surface area contributed by atoms with Crippen molar-refractivity contribution in [1.29, 1.82) is 0 Å². The molecule has 2 bridgehead atoms. The maximum Gasteiger partial charge on any atom is 0.230 e. The van der Waals surface area contributed by atoms with Crippen LogP contribution in [0, 0.1) is 29.5 Å². The molecule has 2 saturated carbocycles. The van der Waals surface area contributed by atoms with Crippen LogP contribution < -0.4 is 5.32 Å². The van der Waals surface area contributed by atoms with Gasteiger partial charge in [-0.25, -0.2) is 4.39 Å². The molecule has 5 atom stereocenters. The van der Waals surface area contributed by atoms with Crippen molar-refractivity contribution in [2.24, 2.45) is 23.7 Å². The standard InChI is InChI=1S/C19H21FN2O2/c20-12-3-4-17-13(6-12)14(7-18(23)21-17)19(24)22-8-15-10-1-2-11(5-10)16(15)9-22/h3-4,6,10-11,14-16H,1-2,5,7-9H2,(H,21,23)/t10-,11+,14-,15-,16+/m0/s1. The zero-order valence-electron chi connectivity index (χ0n) is 13.5. The van der Waals surface area contributed by atoms with Crippen LogP contribution in [-0.4, -0.2) is 29.8 Å². The Balaban J connectivity index is 1.42. The van der Waals surface area contributed by atoms with Crippen molar-refractivity contribution < 1.29 is 14.0 Å². The average molecular weight is 328 g/mol. The zero-order chi connectivity index (χ0) is 16.4. The molecular formula is C19H21FN2O2. The molecule has 0 spiro atoms. The van der Waals surface area contributed by atoms with E-state index in [-0.39, 0.29) is 24.1 Å². The maximum atomic E-state index is 13.7. The molecule has 0 aromatic heterocycles. The van der Waals surface area contributed by atoms with Gasteiger partial charge in [-0.1, -0.05) is 0 Å². The highest BCUT2D eigenvalue weighted by atomic mass is 19.1. The number of nitrogens with one attached hydrogen (secondary N) is 1. The number of hydrogen-bond donors (Lipinski definition) is 1. The molecule has 0 unspecified atom stereocenters. The van der Waals surface area contributed by atoms with Crippen LogP contribution in [0.2, 0.25) is 0 Å². The van der Waals surface area contributed by atoms with Crippen molar-refractivity contribution >= 4 is 17.5 Å². The SMILES string of the molecule is O=C1C[C@H](C(=O)N2C[C@@H]3[C@@H]4CC[C@@H](C4)[C@@H]3C2)c2cc(F)ccc2N1. The van der Waals surface area contributed by atoms with E-state index in [9.17, 15) is 14.0 Å². The van der Waals surface area contributed by atoms with E-state index in [0.29, 0.717) is 23.1 Å². The Kier molecular flexibility index (Phi) is 3.03. The Morgan fingerprint density at radius 3 is 2.58 bits per heavy atom. The van der Waals surface area contributed by atoms with Gasteiger partial charge in [0.25, 0.3) is 0 Å². The van der Waals surface area contributed by atoms with Crippen molar-refractivity contribution in [1.82, 2.24) is 4.90 Å². The number of rotatable bonds is 1. The fourth-order valence-corrected chi connectivity index (χ4v) is 5.74. The first-order valence-electron chi connectivity index (χ1n) is 8.98. The molecule has 1 N–H and O–H groups in total. The van der Waals surface area contributed by atoms with Gasteiger partial charge in [-0.15, -0.1) is 0 Å². The Morgan fingerprint density at radius 2 is 1.88 bits per heavy atom. The van der Waals surface area contributed by atoms with Crippen LogP contribution in [-0.2, 0) is 9.59 Å². The third-order valence-electron chi connectivity index (χ3n) is 6.80. The van der Waals surface area contributed by atoms with Gasteiger partial charge in [-0.3, -0.25) is 9.59 Å². The Labute approximate surface area is 140 Å². The number of halogens is 1. The monoisotopic (exact) mass is 328 g/mol. The second-order valence-electron chi connectivity index (χ2n) is 7.94. The molecule has 4 aliphatic rings. The molecule has 4 nitrogen and oxygen atoms in total. The van der Waals surface area contributed by atoms with E-state index in [0.717, 1.165) is 24.9 Å². The topological polar surface area (TPSA) is 49.4 Å². The molecule has 126 valence electrons. The maximum absolute atomic E-state index is 13.7. The van der Waals surface area contributed by atoms with Gasteiger partial charge in [-0.05, 0) is 66.7 Å². The quantitative estimate of drug-likeness (QED) is 0.862. The molecular weight excluding hydrogens is 307 g/mol. The van der Waals surface area contributed by atoms with Crippen molar-refractivity contribution in [3.63, 3.8) is 0 Å². The number of likely N-dealkylation sites (tertiary alicyclic amines) is 1. The summed E-state index contributed by atoms with van der Waals surface area (Å²) in [5.74, 6) is 1.82. The smallest absolute Gasteiger partial charge is 0.230 e. The number of fused-ring (bicyclic) bond motifs is 6. The summed E-state index contributed by atoms with van der Waals surface area (Å²) in [4.78, 5) is 27.0. The number of anilines is 1. The van der Waals surface area contributed by atoms with Gasteiger partial charge in [0.1, 0.15) is 5.82 Å². The minimum Gasteiger partial charge on any atom is -0.342 e. The summed E-state index contributed by atoms with van der Waals surface area (Å²) < 4.78 is 13.7. The van der Waals surface area contributed by atoms with E-state index in [1.54, 1.807) is 6.07 Å². The van der Waals surface area contributed by atoms with E-state index >= 15 is 0 Å². The fourth-order valence-electron chi connectivity index (χ4n) is 5.74. The summed E-state index contributed by atoms with van der Waals surface area (Å²) in [6, 6.07) is 4.28. The van der Waals surface area contributed by atoms with Gasteiger partial charge in [0, 0.05) is 25.2 Å². The van der Waals surface area contributed by atoms with E-state index in [2.05, 4.69) is 5.32 Å². The van der Waals surface area contributed by atoms with Crippen LogP contribution in [0.4, 0.5) is 10.1 Å². The molecule has 1 aromatic rings. The number of benzene rings is 1. The molecule has 2 aliphatic heterocycles. The molecule has 0 radical (unpaired) electrons. The first-order valence-corrected chi connectivity index (χ1v) is 8.98. The second kappa shape index (κ2) is 5.04. The van der Waals surface area contributed by atoms with Crippen LogP contribution in [0.5, 0.6) is 0 Å². The normalized spacial score (nSPS) is 36.5. The number of hydrogen-bond acceptors (Lipinski definition) is 2. The second-order valence-corrected chi connectivity index (χ2v) is 7.94. The van der Waals surface area contributed by atoms with Crippen molar-refractivity contribution in [2.45, 2.75) is 31.6 Å². The minimum atomic E-state index is -0.541. The first-order chi connectivity index (χ1) is 11.6. The fraction of sp³-hybridized carbons (Fsp3) is 0.579. The summed E-state index contributed by atoms with van der Waals surface area (Å²) in [7, 11) is 0. The summed E-state index contributed by atoms with van der Waals surface area (Å²) >= 11 is 0. The Morgan fingerprint density at radius 1 is 1.17 bits per heavy atom. The summed E-state index contributed by atoms with van der Waals surface area (Å²) in [5, 5.41) is 2.75. The Hall–Kier alpha value is -1.91. The van der Waals surface area contributed by atoms with Gasteiger partial charge >= 0.3 is 0 Å². The molecule has 1 saturated heterocycles. The van der Waals surface area contributed by atoms with Crippen LogP contribution in [0.3, 0.4) is 0 Å². The highest BCUT2D eigenvalue weighted by Gasteiger charge is 2.53. The average Bonchev–Trinajstić information content (AvgIpc) is 3.26. The van der Waals surface area contributed by atoms with Crippen LogP contribution in [0.1, 0.15) is 37.2 Å². The first kappa shape index (κ1) is 14.4. The summed E-state index contributed by atoms with van der Waals surface area (Å²) in [6.45, 7) is 1.65.